The van der Waals surface area contributed by atoms with Gasteiger partial charge in [-0.3, -0.25) is 25.0 Å². The first-order valence-corrected chi connectivity index (χ1v) is 9.89. The molecule has 0 bridgehead atoms. The van der Waals surface area contributed by atoms with Gasteiger partial charge in [0.05, 0.1) is 6.20 Å². The molecule has 0 saturated heterocycles. The highest BCUT2D eigenvalue weighted by atomic mass is 32.2. The van der Waals surface area contributed by atoms with E-state index in [1.165, 1.54) is 30.1 Å². The van der Waals surface area contributed by atoms with Gasteiger partial charge in [-0.1, -0.05) is 17.8 Å². The van der Waals surface area contributed by atoms with Crippen molar-refractivity contribution in [3.63, 3.8) is 0 Å². The number of benzene rings is 2. The predicted octanol–water partition coefficient (Wildman–Crippen LogP) is 2.87. The molecule has 0 aliphatic heterocycles. The summed E-state index contributed by atoms with van der Waals surface area (Å²) < 4.78 is 14.9. The number of carbonyl (C=O) groups is 2. The van der Waals surface area contributed by atoms with Crippen molar-refractivity contribution in [2.45, 2.75) is 5.16 Å². The van der Waals surface area contributed by atoms with Crippen LogP contribution in [0, 0.1) is 5.82 Å². The molecule has 0 fully saturated rings. The number of hydrogen-bond acceptors (Lipinski definition) is 5. The van der Waals surface area contributed by atoms with Gasteiger partial charge in [0, 0.05) is 31.0 Å². The van der Waals surface area contributed by atoms with Crippen LogP contribution in [-0.2, 0) is 0 Å². The Bertz CT molecular complexity index is 1030. The van der Waals surface area contributed by atoms with Gasteiger partial charge in [-0.25, -0.2) is 9.37 Å². The third kappa shape index (κ3) is 4.57. The van der Waals surface area contributed by atoms with Gasteiger partial charge in [0.1, 0.15) is 11.5 Å². The lowest BCUT2D eigenvalue weighted by molar-refractivity contribution is 0.0842. The largest absolute Gasteiger partial charge is 0.378 e. The van der Waals surface area contributed by atoms with Crippen LogP contribution in [0.2, 0.25) is 0 Å². The molecule has 9 heteroatoms. The van der Waals surface area contributed by atoms with E-state index in [0.717, 1.165) is 5.69 Å². The van der Waals surface area contributed by atoms with Gasteiger partial charge >= 0.3 is 0 Å². The Hall–Kier alpha value is -3.33. The number of halogens is 1. The molecular formula is C20H20FN5O2S. The van der Waals surface area contributed by atoms with E-state index in [9.17, 15) is 14.0 Å². The first-order valence-electron chi connectivity index (χ1n) is 8.66. The van der Waals surface area contributed by atoms with Crippen molar-refractivity contribution in [2.75, 3.05) is 25.3 Å². The molecule has 0 aliphatic carbocycles. The number of hydrazine groups is 1. The zero-order valence-corrected chi connectivity index (χ0v) is 17.0. The van der Waals surface area contributed by atoms with Crippen molar-refractivity contribution in [1.29, 1.82) is 0 Å². The fourth-order valence-corrected chi connectivity index (χ4v) is 3.20. The topological polar surface area (TPSA) is 79.3 Å². The Kier molecular flexibility index (Phi) is 6.18. The Balaban J connectivity index is 1.78. The van der Waals surface area contributed by atoms with E-state index >= 15 is 0 Å². The molecule has 29 heavy (non-hydrogen) atoms. The number of imidazole rings is 1. The zero-order chi connectivity index (χ0) is 21.0. The molecule has 0 unspecified atom stereocenters. The van der Waals surface area contributed by atoms with Crippen molar-refractivity contribution >= 4 is 29.3 Å². The van der Waals surface area contributed by atoms with E-state index in [-0.39, 0.29) is 11.5 Å². The Morgan fingerprint density at radius 1 is 1.07 bits per heavy atom. The second-order valence-electron chi connectivity index (χ2n) is 6.29. The van der Waals surface area contributed by atoms with Crippen LogP contribution in [0.3, 0.4) is 0 Å². The molecule has 7 nitrogen and oxygen atoms in total. The molecule has 0 atom stereocenters. The summed E-state index contributed by atoms with van der Waals surface area (Å²) in [7, 11) is 3.75. The maximum atomic E-state index is 13.3. The van der Waals surface area contributed by atoms with Crippen molar-refractivity contribution in [2.24, 2.45) is 0 Å². The lowest BCUT2D eigenvalue weighted by Gasteiger charge is -2.14. The maximum Gasteiger partial charge on any atom is 0.288 e. The van der Waals surface area contributed by atoms with Gasteiger partial charge in [0.15, 0.2) is 5.16 Å². The van der Waals surface area contributed by atoms with Crippen LogP contribution in [0.15, 0.2) is 59.9 Å². The SMILES string of the molecule is CSc1ncc(C(=O)NNC(=O)c2cccc(N(C)C)c2)n1-c1ccc(F)cc1. The van der Waals surface area contributed by atoms with Crippen LogP contribution < -0.4 is 15.8 Å². The minimum atomic E-state index is -0.542. The molecule has 2 aromatic carbocycles. The molecule has 3 aromatic rings. The first kappa shape index (κ1) is 20.4. The fraction of sp³-hybridized carbons (Fsp3) is 0.150. The fourth-order valence-electron chi connectivity index (χ4n) is 2.65. The number of carbonyl (C=O) groups excluding carboxylic acids is 2. The van der Waals surface area contributed by atoms with Gasteiger partial charge in [0.2, 0.25) is 0 Å². The summed E-state index contributed by atoms with van der Waals surface area (Å²) in [6.45, 7) is 0. The lowest BCUT2D eigenvalue weighted by atomic mass is 10.2. The van der Waals surface area contributed by atoms with Crippen LogP contribution in [0.5, 0.6) is 0 Å². The van der Waals surface area contributed by atoms with Crippen LogP contribution in [0.4, 0.5) is 10.1 Å². The number of amides is 2. The van der Waals surface area contributed by atoms with Crippen LogP contribution in [0.25, 0.3) is 5.69 Å². The molecule has 3 rings (SSSR count). The molecule has 2 amide bonds. The Labute approximate surface area is 171 Å². The normalized spacial score (nSPS) is 10.5. The van der Waals surface area contributed by atoms with E-state index in [2.05, 4.69) is 15.8 Å². The van der Waals surface area contributed by atoms with Gasteiger partial charge in [-0.05, 0) is 48.7 Å². The van der Waals surface area contributed by atoms with Crippen molar-refractivity contribution < 1.29 is 14.0 Å². The number of rotatable bonds is 5. The number of thioether (sulfide) groups is 1. The smallest absolute Gasteiger partial charge is 0.288 e. The Morgan fingerprint density at radius 2 is 1.76 bits per heavy atom. The minimum absolute atomic E-state index is 0.211. The van der Waals surface area contributed by atoms with E-state index in [0.29, 0.717) is 16.4 Å². The van der Waals surface area contributed by atoms with Crippen molar-refractivity contribution in [3.05, 3.63) is 71.8 Å². The summed E-state index contributed by atoms with van der Waals surface area (Å²) in [5.74, 6) is -1.36. The summed E-state index contributed by atoms with van der Waals surface area (Å²) >= 11 is 1.34. The molecular weight excluding hydrogens is 393 g/mol. The monoisotopic (exact) mass is 413 g/mol. The Morgan fingerprint density at radius 3 is 2.41 bits per heavy atom. The quantitative estimate of drug-likeness (QED) is 0.497. The van der Waals surface area contributed by atoms with Crippen molar-refractivity contribution in [3.8, 4) is 5.69 Å². The summed E-state index contributed by atoms with van der Waals surface area (Å²) in [4.78, 5) is 31.2. The average Bonchev–Trinajstić information content (AvgIpc) is 3.16. The lowest BCUT2D eigenvalue weighted by Crippen LogP contribution is -2.42. The number of anilines is 1. The number of nitrogens with zero attached hydrogens (tertiary/aromatic N) is 3. The van der Waals surface area contributed by atoms with Gasteiger partial charge < -0.3 is 4.90 Å². The standard InChI is InChI=1S/C20H20FN5O2S/c1-25(2)16-6-4-5-13(11-16)18(27)23-24-19(28)17-12-22-20(29-3)26(17)15-9-7-14(21)8-10-15/h4-12H,1-3H3,(H,23,27)(H,24,28). The number of hydrogen-bond donors (Lipinski definition) is 2. The van der Waals surface area contributed by atoms with E-state index < -0.39 is 11.8 Å². The zero-order valence-electron chi connectivity index (χ0n) is 16.1. The van der Waals surface area contributed by atoms with Gasteiger partial charge in [-0.2, -0.15) is 0 Å². The predicted molar refractivity (Wildman–Crippen MR) is 111 cm³/mol. The van der Waals surface area contributed by atoms with E-state index in [1.54, 1.807) is 34.9 Å². The molecule has 0 saturated carbocycles. The number of aromatic nitrogens is 2. The highest BCUT2D eigenvalue weighted by Gasteiger charge is 2.18. The summed E-state index contributed by atoms with van der Waals surface area (Å²) in [5, 5.41) is 0.562. The summed E-state index contributed by atoms with van der Waals surface area (Å²) in [5.41, 5.74) is 6.89. The van der Waals surface area contributed by atoms with E-state index in [1.807, 2.05) is 31.3 Å². The molecule has 0 aliphatic rings. The molecule has 1 heterocycles. The van der Waals surface area contributed by atoms with E-state index in [4.69, 9.17) is 0 Å². The molecule has 150 valence electrons. The minimum Gasteiger partial charge on any atom is -0.378 e. The third-order valence-corrected chi connectivity index (χ3v) is 4.80. The molecule has 2 N–H and O–H groups in total. The second-order valence-corrected chi connectivity index (χ2v) is 7.07. The molecule has 0 spiro atoms. The van der Waals surface area contributed by atoms with Gasteiger partial charge in [0.25, 0.3) is 11.8 Å². The second kappa shape index (κ2) is 8.78. The highest BCUT2D eigenvalue weighted by molar-refractivity contribution is 7.98. The van der Waals surface area contributed by atoms with Crippen molar-refractivity contribution in [1.82, 2.24) is 20.4 Å². The summed E-state index contributed by atoms with van der Waals surface area (Å²) in [6, 6.07) is 12.7. The first-order chi connectivity index (χ1) is 13.9. The number of nitrogens with one attached hydrogen (secondary N) is 2. The molecule has 1 aromatic heterocycles. The summed E-state index contributed by atoms with van der Waals surface area (Å²) in [6.07, 6.45) is 3.23. The van der Waals surface area contributed by atoms with Crippen LogP contribution in [-0.4, -0.2) is 41.7 Å². The van der Waals surface area contributed by atoms with Gasteiger partial charge in [-0.15, -0.1) is 0 Å². The highest BCUT2D eigenvalue weighted by Crippen LogP contribution is 2.22. The maximum absolute atomic E-state index is 13.3. The van der Waals surface area contributed by atoms with Crippen LogP contribution in [0.1, 0.15) is 20.8 Å². The molecule has 0 radical (unpaired) electrons. The third-order valence-electron chi connectivity index (χ3n) is 4.14. The average molecular weight is 413 g/mol. The van der Waals surface area contributed by atoms with Crippen LogP contribution >= 0.6 is 11.8 Å².